The molecule has 2 unspecified atom stereocenters. The van der Waals surface area contributed by atoms with Crippen LogP contribution in [0.25, 0.3) is 0 Å². The Morgan fingerprint density at radius 1 is 0.829 bits per heavy atom. The van der Waals surface area contributed by atoms with Crippen molar-refractivity contribution in [2.45, 2.75) is 91.6 Å². The van der Waals surface area contributed by atoms with Crippen molar-refractivity contribution in [1.29, 1.82) is 0 Å². The second-order valence-electron chi connectivity index (χ2n) is 9.11. The van der Waals surface area contributed by atoms with Gasteiger partial charge in [0.25, 0.3) is 0 Å². The number of aliphatic hydroxyl groups excluding tert-OH is 1. The summed E-state index contributed by atoms with van der Waals surface area (Å²) in [4.78, 5) is 63.0. The molecule has 0 amide bonds. The number of aromatic nitrogens is 3. The van der Waals surface area contributed by atoms with E-state index in [1.165, 1.54) is 0 Å². The number of aromatic amines is 1. The van der Waals surface area contributed by atoms with E-state index in [1.54, 1.807) is 0 Å². The maximum atomic E-state index is 12.6. The lowest BCUT2D eigenvalue weighted by atomic mass is 10.0. The fourth-order valence-electron chi connectivity index (χ4n) is 3.48. The van der Waals surface area contributed by atoms with Crippen LogP contribution >= 0.6 is 0 Å². The molecule has 1 heterocycles. The molecule has 0 bridgehead atoms. The third-order valence-electron chi connectivity index (χ3n) is 5.71. The van der Waals surface area contributed by atoms with E-state index in [0.29, 0.717) is 6.42 Å². The van der Waals surface area contributed by atoms with Crippen molar-refractivity contribution in [3.8, 4) is 0 Å². The van der Waals surface area contributed by atoms with Gasteiger partial charge in [-0.25, -0.2) is 23.5 Å². The minimum absolute atomic E-state index is 0.122. The molecule has 0 aromatic carbocycles. The fraction of sp³-hybridized carbons (Fsp3) is 0.792. The van der Waals surface area contributed by atoms with Crippen molar-refractivity contribution in [2.24, 2.45) is 11.8 Å². The lowest BCUT2D eigenvalue weighted by Crippen LogP contribution is -2.49. The molecule has 1 aromatic heterocycles. The zero-order valence-electron chi connectivity index (χ0n) is 21.3. The molecule has 0 aliphatic heterocycles. The first-order valence-electron chi connectivity index (χ1n) is 12.6. The molecule has 11 nitrogen and oxygen atoms in total. The molecule has 1 rings (SSSR count). The second kappa shape index (κ2) is 16.9. The number of hydrogen-bond acceptors (Lipinski definition) is 8. The van der Waals surface area contributed by atoms with Crippen LogP contribution in [0.15, 0.2) is 14.4 Å². The zero-order valence-corrected chi connectivity index (χ0v) is 21.3. The van der Waals surface area contributed by atoms with E-state index in [1.807, 2.05) is 18.8 Å². The van der Waals surface area contributed by atoms with Crippen LogP contribution in [0.4, 0.5) is 0 Å². The van der Waals surface area contributed by atoms with Crippen molar-refractivity contribution in [1.82, 2.24) is 14.1 Å². The highest BCUT2D eigenvalue weighted by Gasteiger charge is 2.15. The molecule has 0 saturated heterocycles. The standard InChI is InChI=1S/C24H41N3O8/c1-4-5-6-9-18(2)16-34-20(29)11-13-26-22(31)25-23(32)27(24(26)33)14-12-21(30)35-17-19(3)10-7-8-15-28/h18-19,28H,4-17H2,1-3H3,(H,25,31,32). The highest BCUT2D eigenvalue weighted by atomic mass is 16.5. The quantitative estimate of drug-likeness (QED) is 0.228. The summed E-state index contributed by atoms with van der Waals surface area (Å²) < 4.78 is 11.9. The van der Waals surface area contributed by atoms with Crippen molar-refractivity contribution in [3.05, 3.63) is 31.5 Å². The summed E-state index contributed by atoms with van der Waals surface area (Å²) in [6.45, 7) is 6.14. The van der Waals surface area contributed by atoms with Crippen molar-refractivity contribution in [2.75, 3.05) is 19.8 Å². The summed E-state index contributed by atoms with van der Waals surface area (Å²) in [7, 11) is 0. The summed E-state index contributed by atoms with van der Waals surface area (Å²) >= 11 is 0. The second-order valence-corrected chi connectivity index (χ2v) is 9.11. The normalized spacial score (nSPS) is 12.8. The van der Waals surface area contributed by atoms with E-state index in [0.717, 1.165) is 47.7 Å². The molecule has 0 fully saturated rings. The Balaban J connectivity index is 2.59. The first-order chi connectivity index (χ1) is 16.7. The minimum atomic E-state index is -0.926. The van der Waals surface area contributed by atoms with E-state index in [2.05, 4.69) is 6.92 Å². The lowest BCUT2D eigenvalue weighted by Gasteiger charge is -2.13. The third kappa shape index (κ3) is 12.0. The Morgan fingerprint density at radius 3 is 1.71 bits per heavy atom. The molecule has 11 heteroatoms. The van der Waals surface area contributed by atoms with Gasteiger partial charge in [-0.15, -0.1) is 0 Å². The molecular formula is C24H41N3O8. The molecule has 2 N–H and O–H groups in total. The summed E-state index contributed by atoms with van der Waals surface area (Å²) in [5.41, 5.74) is -2.74. The monoisotopic (exact) mass is 499 g/mol. The average molecular weight is 500 g/mol. The van der Waals surface area contributed by atoms with Gasteiger partial charge in [-0.05, 0) is 31.1 Å². The number of ether oxygens (including phenoxy) is 2. The number of nitrogens with one attached hydrogen (secondary N) is 1. The van der Waals surface area contributed by atoms with Gasteiger partial charge in [0, 0.05) is 19.7 Å². The van der Waals surface area contributed by atoms with Gasteiger partial charge >= 0.3 is 29.0 Å². The summed E-state index contributed by atoms with van der Waals surface area (Å²) in [6, 6.07) is 0. The number of H-pyrrole nitrogens is 1. The van der Waals surface area contributed by atoms with Gasteiger partial charge < -0.3 is 14.6 Å². The first-order valence-corrected chi connectivity index (χ1v) is 12.6. The number of hydrogen-bond donors (Lipinski definition) is 2. The van der Waals surface area contributed by atoms with Gasteiger partial charge in [0.2, 0.25) is 0 Å². The van der Waals surface area contributed by atoms with Crippen LogP contribution in [0.3, 0.4) is 0 Å². The van der Waals surface area contributed by atoms with E-state index < -0.39 is 29.0 Å². The zero-order chi connectivity index (χ0) is 26.2. The SMILES string of the molecule is CCCCCC(C)COC(=O)CCn1c(=O)[nH]c(=O)n(CCC(=O)OCC(C)CCCCO)c1=O. The molecule has 35 heavy (non-hydrogen) atoms. The van der Waals surface area contributed by atoms with Crippen LogP contribution in [0, 0.1) is 11.8 Å². The lowest BCUT2D eigenvalue weighted by molar-refractivity contribution is -0.146. The highest BCUT2D eigenvalue weighted by molar-refractivity contribution is 5.69. The van der Waals surface area contributed by atoms with Crippen LogP contribution < -0.4 is 17.1 Å². The van der Waals surface area contributed by atoms with E-state index in [9.17, 15) is 24.0 Å². The summed E-state index contributed by atoms with van der Waals surface area (Å²) in [6.07, 6.45) is 6.17. The van der Waals surface area contributed by atoms with E-state index in [4.69, 9.17) is 14.6 Å². The third-order valence-corrected chi connectivity index (χ3v) is 5.71. The number of carbonyl (C=O) groups excluding carboxylic acids is 2. The van der Waals surface area contributed by atoms with Gasteiger partial charge in [0.05, 0.1) is 26.1 Å². The van der Waals surface area contributed by atoms with Crippen LogP contribution in [0.2, 0.25) is 0 Å². The number of aliphatic hydroxyl groups is 1. The van der Waals surface area contributed by atoms with Crippen LogP contribution in [-0.2, 0) is 32.2 Å². The van der Waals surface area contributed by atoms with Gasteiger partial charge in [-0.3, -0.25) is 14.6 Å². The molecule has 0 aliphatic carbocycles. The number of nitrogens with zero attached hydrogens (tertiary/aromatic N) is 2. The molecule has 200 valence electrons. The number of rotatable bonds is 18. The van der Waals surface area contributed by atoms with Crippen molar-refractivity contribution < 1.29 is 24.2 Å². The fourth-order valence-corrected chi connectivity index (χ4v) is 3.48. The van der Waals surface area contributed by atoms with Gasteiger partial charge in [-0.2, -0.15) is 0 Å². The molecule has 2 atom stereocenters. The molecule has 0 radical (unpaired) electrons. The smallest absolute Gasteiger partial charge is 0.336 e. The molecule has 0 saturated carbocycles. The van der Waals surface area contributed by atoms with E-state index >= 15 is 0 Å². The molecular weight excluding hydrogens is 458 g/mol. The topological polar surface area (TPSA) is 150 Å². The highest BCUT2D eigenvalue weighted by Crippen LogP contribution is 2.10. The number of carbonyl (C=O) groups is 2. The first kappa shape index (κ1) is 30.3. The number of unbranched alkanes of at least 4 members (excludes halogenated alkanes) is 3. The van der Waals surface area contributed by atoms with Gasteiger partial charge in [-0.1, -0.05) is 46.5 Å². The summed E-state index contributed by atoms with van der Waals surface area (Å²) in [5.74, 6) is -0.757. The van der Waals surface area contributed by atoms with Crippen molar-refractivity contribution >= 4 is 11.9 Å². The van der Waals surface area contributed by atoms with E-state index in [-0.39, 0.29) is 57.6 Å². The summed E-state index contributed by atoms with van der Waals surface area (Å²) in [5, 5.41) is 8.81. The number of esters is 2. The predicted molar refractivity (Wildman–Crippen MR) is 130 cm³/mol. The van der Waals surface area contributed by atoms with Crippen LogP contribution in [0.1, 0.15) is 78.6 Å². The van der Waals surface area contributed by atoms with Crippen LogP contribution in [0.5, 0.6) is 0 Å². The predicted octanol–water partition coefficient (Wildman–Crippen LogP) is 1.58. The Bertz CT molecular complexity index is 878. The molecule has 1 aromatic rings. The average Bonchev–Trinajstić information content (AvgIpc) is 2.81. The largest absolute Gasteiger partial charge is 0.465 e. The Kier molecular flexibility index (Phi) is 14.6. The van der Waals surface area contributed by atoms with Crippen molar-refractivity contribution in [3.63, 3.8) is 0 Å². The molecule has 0 aliphatic rings. The minimum Gasteiger partial charge on any atom is -0.465 e. The molecule has 0 spiro atoms. The maximum absolute atomic E-state index is 12.6. The Morgan fingerprint density at radius 2 is 1.29 bits per heavy atom. The Hall–Kier alpha value is -2.69. The van der Waals surface area contributed by atoms with Gasteiger partial charge in [0.1, 0.15) is 0 Å². The van der Waals surface area contributed by atoms with Crippen LogP contribution in [-0.4, -0.2) is 51.0 Å². The van der Waals surface area contributed by atoms with Gasteiger partial charge in [0.15, 0.2) is 0 Å². The maximum Gasteiger partial charge on any atom is 0.336 e. The Labute approximate surface area is 205 Å².